The Kier molecular flexibility index (Phi) is 3.15. The van der Waals surface area contributed by atoms with Crippen molar-refractivity contribution in [3.05, 3.63) is 46.3 Å². The lowest BCUT2D eigenvalue weighted by Crippen LogP contribution is -2.04. The molecule has 0 bridgehead atoms. The van der Waals surface area contributed by atoms with E-state index in [9.17, 15) is 10.1 Å². The van der Waals surface area contributed by atoms with Crippen LogP contribution in [0.3, 0.4) is 0 Å². The second-order valence-electron chi connectivity index (χ2n) is 3.59. The third kappa shape index (κ3) is 2.48. The number of rotatable bonds is 4. The van der Waals surface area contributed by atoms with Crippen molar-refractivity contribution in [1.82, 2.24) is 15.3 Å². The molecule has 1 aromatic carbocycles. The van der Waals surface area contributed by atoms with Crippen molar-refractivity contribution in [2.75, 3.05) is 7.05 Å². The average Bonchev–Trinajstić information content (AvgIpc) is 2.78. The SMILES string of the molecule is CNCc1cnc(-c2ccc([N+](=O)[O-])cc2)[nH]1. The highest BCUT2D eigenvalue weighted by Gasteiger charge is 2.07. The van der Waals surface area contributed by atoms with Gasteiger partial charge in [0.25, 0.3) is 5.69 Å². The summed E-state index contributed by atoms with van der Waals surface area (Å²) in [5.74, 6) is 0.713. The van der Waals surface area contributed by atoms with Gasteiger partial charge < -0.3 is 10.3 Å². The van der Waals surface area contributed by atoms with Gasteiger partial charge in [-0.05, 0) is 19.2 Å². The van der Waals surface area contributed by atoms with E-state index in [0.29, 0.717) is 12.4 Å². The maximum Gasteiger partial charge on any atom is 0.269 e. The minimum Gasteiger partial charge on any atom is -0.341 e. The van der Waals surface area contributed by atoms with Gasteiger partial charge in [-0.1, -0.05) is 0 Å². The molecule has 0 unspecified atom stereocenters. The first-order valence-electron chi connectivity index (χ1n) is 5.14. The standard InChI is InChI=1S/C11H12N4O2/c1-12-6-9-7-13-11(14-9)8-2-4-10(5-3-8)15(16)17/h2-5,7,12H,6H2,1H3,(H,13,14). The number of nitrogens with one attached hydrogen (secondary N) is 2. The Morgan fingerprint density at radius 1 is 1.41 bits per heavy atom. The van der Waals surface area contributed by atoms with E-state index in [-0.39, 0.29) is 5.69 Å². The Balaban J connectivity index is 2.23. The third-order valence-corrected chi connectivity index (χ3v) is 2.35. The van der Waals surface area contributed by atoms with Gasteiger partial charge in [-0.25, -0.2) is 4.98 Å². The van der Waals surface area contributed by atoms with Crippen molar-refractivity contribution < 1.29 is 4.92 Å². The van der Waals surface area contributed by atoms with E-state index in [1.165, 1.54) is 12.1 Å². The molecule has 0 aliphatic carbocycles. The fourth-order valence-corrected chi connectivity index (χ4v) is 1.53. The summed E-state index contributed by atoms with van der Waals surface area (Å²) >= 11 is 0. The van der Waals surface area contributed by atoms with Gasteiger partial charge in [-0.2, -0.15) is 0 Å². The molecule has 2 N–H and O–H groups in total. The number of nitrogens with zero attached hydrogens (tertiary/aromatic N) is 2. The highest BCUT2D eigenvalue weighted by Crippen LogP contribution is 2.19. The molecule has 0 amide bonds. The van der Waals surface area contributed by atoms with Crippen LogP contribution in [0.15, 0.2) is 30.5 Å². The summed E-state index contributed by atoms with van der Waals surface area (Å²) in [6.07, 6.45) is 1.74. The molecule has 1 heterocycles. The van der Waals surface area contributed by atoms with Crippen LogP contribution in [0.25, 0.3) is 11.4 Å². The first-order valence-corrected chi connectivity index (χ1v) is 5.14. The van der Waals surface area contributed by atoms with E-state index < -0.39 is 4.92 Å². The number of nitro benzene ring substituents is 1. The molecule has 0 aliphatic rings. The number of H-pyrrole nitrogens is 1. The van der Waals surface area contributed by atoms with Crippen molar-refractivity contribution in [3.8, 4) is 11.4 Å². The molecule has 17 heavy (non-hydrogen) atoms. The second kappa shape index (κ2) is 4.75. The molecule has 6 heteroatoms. The molecule has 0 radical (unpaired) electrons. The van der Waals surface area contributed by atoms with Crippen LogP contribution in [0.4, 0.5) is 5.69 Å². The Hall–Kier alpha value is -2.21. The quantitative estimate of drug-likeness (QED) is 0.620. The number of imidazole rings is 1. The normalized spacial score (nSPS) is 10.4. The third-order valence-electron chi connectivity index (χ3n) is 2.35. The van der Waals surface area contributed by atoms with Gasteiger partial charge in [0.2, 0.25) is 0 Å². The number of aromatic amines is 1. The number of hydrogen-bond donors (Lipinski definition) is 2. The molecule has 0 saturated carbocycles. The van der Waals surface area contributed by atoms with Gasteiger partial charge in [-0.3, -0.25) is 10.1 Å². The molecule has 0 fully saturated rings. The summed E-state index contributed by atoms with van der Waals surface area (Å²) < 4.78 is 0. The fraction of sp³-hybridized carbons (Fsp3) is 0.182. The van der Waals surface area contributed by atoms with E-state index in [1.54, 1.807) is 18.3 Å². The molecule has 0 spiro atoms. The average molecular weight is 232 g/mol. The predicted molar refractivity (Wildman–Crippen MR) is 63.4 cm³/mol. The largest absolute Gasteiger partial charge is 0.341 e. The van der Waals surface area contributed by atoms with E-state index in [2.05, 4.69) is 15.3 Å². The number of hydrogen-bond acceptors (Lipinski definition) is 4. The molecular formula is C11H12N4O2. The summed E-state index contributed by atoms with van der Waals surface area (Å²) in [6.45, 7) is 0.708. The zero-order chi connectivity index (χ0) is 12.3. The van der Waals surface area contributed by atoms with Crippen LogP contribution < -0.4 is 5.32 Å². The van der Waals surface area contributed by atoms with Crippen molar-refractivity contribution >= 4 is 5.69 Å². The Morgan fingerprint density at radius 3 is 2.71 bits per heavy atom. The number of benzene rings is 1. The zero-order valence-corrected chi connectivity index (χ0v) is 9.30. The smallest absolute Gasteiger partial charge is 0.269 e. The number of nitro groups is 1. The van der Waals surface area contributed by atoms with Crippen molar-refractivity contribution in [2.45, 2.75) is 6.54 Å². The minimum absolute atomic E-state index is 0.0794. The molecule has 0 aliphatic heterocycles. The summed E-state index contributed by atoms with van der Waals surface area (Å²) in [6, 6.07) is 6.30. The highest BCUT2D eigenvalue weighted by atomic mass is 16.6. The second-order valence-corrected chi connectivity index (χ2v) is 3.59. The van der Waals surface area contributed by atoms with Crippen LogP contribution in [-0.4, -0.2) is 21.9 Å². The molecule has 2 aromatic rings. The first-order chi connectivity index (χ1) is 8.20. The van der Waals surface area contributed by atoms with Crippen molar-refractivity contribution in [1.29, 1.82) is 0 Å². The maximum absolute atomic E-state index is 10.5. The van der Waals surface area contributed by atoms with Crippen LogP contribution in [0.2, 0.25) is 0 Å². The van der Waals surface area contributed by atoms with Crippen molar-refractivity contribution in [2.24, 2.45) is 0 Å². The fourth-order valence-electron chi connectivity index (χ4n) is 1.53. The molecule has 6 nitrogen and oxygen atoms in total. The van der Waals surface area contributed by atoms with Gasteiger partial charge in [-0.15, -0.1) is 0 Å². The number of non-ortho nitro benzene ring substituents is 1. The van der Waals surface area contributed by atoms with Crippen LogP contribution in [0.1, 0.15) is 5.69 Å². The topological polar surface area (TPSA) is 83.8 Å². The summed E-state index contributed by atoms with van der Waals surface area (Å²) in [4.78, 5) is 17.4. The van der Waals surface area contributed by atoms with E-state index in [0.717, 1.165) is 11.3 Å². The Labute approximate surface area is 97.9 Å². The van der Waals surface area contributed by atoms with Gasteiger partial charge in [0.15, 0.2) is 0 Å². The van der Waals surface area contributed by atoms with Gasteiger partial charge >= 0.3 is 0 Å². The van der Waals surface area contributed by atoms with Gasteiger partial charge in [0.1, 0.15) is 5.82 Å². The number of aromatic nitrogens is 2. The van der Waals surface area contributed by atoms with Crippen molar-refractivity contribution in [3.63, 3.8) is 0 Å². The van der Waals surface area contributed by atoms with E-state index in [1.807, 2.05) is 7.05 Å². The van der Waals surface area contributed by atoms with Crippen LogP contribution in [0.5, 0.6) is 0 Å². The first kappa shape index (κ1) is 11.3. The lowest BCUT2D eigenvalue weighted by atomic mass is 10.2. The lowest BCUT2D eigenvalue weighted by Gasteiger charge is -1.97. The molecule has 1 aromatic heterocycles. The highest BCUT2D eigenvalue weighted by molar-refractivity contribution is 5.57. The summed E-state index contributed by atoms with van der Waals surface area (Å²) in [5, 5.41) is 13.5. The summed E-state index contributed by atoms with van der Waals surface area (Å²) in [5.41, 5.74) is 1.88. The van der Waals surface area contributed by atoms with Gasteiger partial charge in [0, 0.05) is 36.1 Å². The lowest BCUT2D eigenvalue weighted by molar-refractivity contribution is -0.384. The van der Waals surface area contributed by atoms with Crippen LogP contribution in [0, 0.1) is 10.1 Å². The van der Waals surface area contributed by atoms with E-state index in [4.69, 9.17) is 0 Å². The molecule has 0 atom stereocenters. The van der Waals surface area contributed by atoms with E-state index >= 15 is 0 Å². The molecule has 0 saturated heterocycles. The Bertz CT molecular complexity index is 519. The Morgan fingerprint density at radius 2 is 2.12 bits per heavy atom. The zero-order valence-electron chi connectivity index (χ0n) is 9.30. The van der Waals surface area contributed by atoms with Crippen LogP contribution >= 0.6 is 0 Å². The maximum atomic E-state index is 10.5. The van der Waals surface area contributed by atoms with Crippen LogP contribution in [-0.2, 0) is 6.54 Å². The minimum atomic E-state index is -0.418. The monoisotopic (exact) mass is 232 g/mol. The summed E-state index contributed by atoms with van der Waals surface area (Å²) in [7, 11) is 1.85. The van der Waals surface area contributed by atoms with Gasteiger partial charge in [0.05, 0.1) is 4.92 Å². The molecular weight excluding hydrogens is 220 g/mol. The molecule has 2 rings (SSSR count). The molecule has 88 valence electrons. The predicted octanol–water partition coefficient (Wildman–Crippen LogP) is 1.70.